The monoisotopic (exact) mass is 455 g/mol. The Morgan fingerprint density at radius 1 is 0.941 bits per heavy atom. The normalized spacial score (nSPS) is 13.7. The van der Waals surface area contributed by atoms with Gasteiger partial charge in [-0.15, -0.1) is 0 Å². The lowest BCUT2D eigenvalue weighted by atomic mass is 10.1. The highest BCUT2D eigenvalue weighted by molar-refractivity contribution is 5.79. The Kier molecular flexibility index (Phi) is 6.15. The Labute approximate surface area is 197 Å². The van der Waals surface area contributed by atoms with Crippen LogP contribution in [0.4, 0.5) is 5.95 Å². The first kappa shape index (κ1) is 21.6. The van der Waals surface area contributed by atoms with Crippen molar-refractivity contribution in [3.05, 3.63) is 79.3 Å². The average Bonchev–Trinajstić information content (AvgIpc) is 3.33. The number of nitrogens with zero attached hydrogens (tertiary/aromatic N) is 7. The van der Waals surface area contributed by atoms with Gasteiger partial charge in [0.15, 0.2) is 0 Å². The quantitative estimate of drug-likeness (QED) is 0.442. The zero-order chi connectivity index (χ0) is 23.3. The van der Waals surface area contributed by atoms with Gasteiger partial charge in [-0.1, -0.05) is 18.2 Å². The van der Waals surface area contributed by atoms with E-state index in [9.17, 15) is 4.79 Å². The van der Waals surface area contributed by atoms with Crippen LogP contribution in [-0.4, -0.2) is 68.6 Å². The van der Waals surface area contributed by atoms with E-state index >= 15 is 0 Å². The lowest BCUT2D eigenvalue weighted by molar-refractivity contribution is -0.130. The highest BCUT2D eigenvalue weighted by atomic mass is 16.5. The van der Waals surface area contributed by atoms with Crippen LogP contribution in [0.3, 0.4) is 0 Å². The Morgan fingerprint density at radius 3 is 2.32 bits per heavy atom. The minimum Gasteiger partial charge on any atom is -0.497 e. The number of para-hydroxylation sites is 1. The Hall–Kier alpha value is -4.27. The van der Waals surface area contributed by atoms with Gasteiger partial charge < -0.3 is 19.1 Å². The minimum absolute atomic E-state index is 0.0550. The molecule has 2 aromatic carbocycles. The second-order valence-electron chi connectivity index (χ2n) is 7.96. The number of benzene rings is 2. The molecule has 3 heterocycles. The number of anilines is 1. The first-order valence-electron chi connectivity index (χ1n) is 11.1. The number of piperazine rings is 1. The second kappa shape index (κ2) is 9.70. The van der Waals surface area contributed by atoms with Gasteiger partial charge in [0.2, 0.25) is 11.9 Å². The molecule has 0 spiro atoms. The summed E-state index contributed by atoms with van der Waals surface area (Å²) in [4.78, 5) is 34.3. The largest absolute Gasteiger partial charge is 0.497 e. The summed E-state index contributed by atoms with van der Waals surface area (Å²) in [6, 6.07) is 17.7. The van der Waals surface area contributed by atoms with Gasteiger partial charge in [-0.05, 0) is 36.4 Å². The first-order chi connectivity index (χ1) is 16.7. The number of carbonyl (C=O) groups excluding carboxylic acids is 1. The average molecular weight is 456 g/mol. The maximum atomic E-state index is 13.2. The molecule has 0 bridgehead atoms. The van der Waals surface area contributed by atoms with Gasteiger partial charge in [0.25, 0.3) is 0 Å². The number of methoxy groups -OCH3 is 1. The third kappa shape index (κ3) is 4.59. The van der Waals surface area contributed by atoms with Crippen LogP contribution in [0.5, 0.6) is 5.75 Å². The molecule has 0 unspecified atom stereocenters. The van der Waals surface area contributed by atoms with Gasteiger partial charge >= 0.3 is 0 Å². The summed E-state index contributed by atoms with van der Waals surface area (Å²) in [5.74, 6) is 2.20. The van der Waals surface area contributed by atoms with Crippen molar-refractivity contribution in [2.45, 2.75) is 6.42 Å². The number of hydrogen-bond donors (Lipinski definition) is 0. The van der Waals surface area contributed by atoms with E-state index in [4.69, 9.17) is 9.72 Å². The maximum Gasteiger partial charge on any atom is 0.230 e. The molecular formula is C25H25N7O2. The van der Waals surface area contributed by atoms with Crippen molar-refractivity contribution >= 4 is 11.9 Å². The molecular weight excluding hydrogens is 430 g/mol. The van der Waals surface area contributed by atoms with Crippen molar-refractivity contribution in [1.82, 2.24) is 29.4 Å². The molecule has 1 amide bonds. The number of rotatable bonds is 6. The molecule has 9 nitrogen and oxygen atoms in total. The zero-order valence-corrected chi connectivity index (χ0v) is 18.9. The summed E-state index contributed by atoms with van der Waals surface area (Å²) in [5.41, 5.74) is 2.75. The molecule has 0 atom stereocenters. The number of carbonyl (C=O) groups is 1. The Bertz CT molecular complexity index is 1240. The molecule has 0 saturated carbocycles. The van der Waals surface area contributed by atoms with Gasteiger partial charge in [0, 0.05) is 43.6 Å². The number of aromatic nitrogens is 5. The second-order valence-corrected chi connectivity index (χ2v) is 7.96. The van der Waals surface area contributed by atoms with E-state index in [0.717, 1.165) is 22.7 Å². The molecule has 1 saturated heterocycles. The van der Waals surface area contributed by atoms with Crippen molar-refractivity contribution in [3.63, 3.8) is 0 Å². The fourth-order valence-corrected chi connectivity index (χ4v) is 4.06. The molecule has 34 heavy (non-hydrogen) atoms. The van der Waals surface area contributed by atoms with E-state index in [1.165, 1.54) is 12.7 Å². The summed E-state index contributed by atoms with van der Waals surface area (Å²) in [6.07, 6.45) is 5.18. The lowest BCUT2D eigenvalue weighted by Gasteiger charge is -2.34. The van der Waals surface area contributed by atoms with Crippen molar-refractivity contribution in [3.8, 4) is 22.7 Å². The molecule has 9 heteroatoms. The molecule has 2 aromatic heterocycles. The van der Waals surface area contributed by atoms with E-state index < -0.39 is 0 Å². The first-order valence-corrected chi connectivity index (χ1v) is 11.1. The summed E-state index contributed by atoms with van der Waals surface area (Å²) >= 11 is 0. The molecule has 172 valence electrons. The number of ether oxygens (including phenoxy) is 1. The maximum absolute atomic E-state index is 13.2. The van der Waals surface area contributed by atoms with Crippen LogP contribution in [0.25, 0.3) is 16.9 Å². The van der Waals surface area contributed by atoms with Gasteiger partial charge in [-0.25, -0.2) is 19.9 Å². The van der Waals surface area contributed by atoms with Crippen LogP contribution in [0.2, 0.25) is 0 Å². The predicted molar refractivity (Wildman–Crippen MR) is 128 cm³/mol. The number of imidazole rings is 1. The molecule has 0 aliphatic carbocycles. The van der Waals surface area contributed by atoms with Gasteiger partial charge in [-0.3, -0.25) is 4.79 Å². The van der Waals surface area contributed by atoms with Crippen molar-refractivity contribution in [2.75, 3.05) is 38.2 Å². The standard InChI is InChI=1S/C25H25N7O2/c1-34-21-9-7-19(8-10-21)22-16-32(20-5-3-2-4-6-20)23(29-22)15-24(33)30-11-13-31(14-12-30)25-27-17-26-18-28-25/h2-10,16-18H,11-15H2,1H3. The topological polar surface area (TPSA) is 89.3 Å². The Morgan fingerprint density at radius 2 is 1.65 bits per heavy atom. The fraction of sp³-hybridized carbons (Fsp3) is 0.240. The molecule has 0 radical (unpaired) electrons. The summed E-state index contributed by atoms with van der Waals surface area (Å²) < 4.78 is 7.27. The summed E-state index contributed by atoms with van der Waals surface area (Å²) in [6.45, 7) is 2.59. The van der Waals surface area contributed by atoms with E-state index in [2.05, 4.69) is 19.9 Å². The van der Waals surface area contributed by atoms with Crippen molar-refractivity contribution in [2.24, 2.45) is 0 Å². The van der Waals surface area contributed by atoms with Crippen molar-refractivity contribution in [1.29, 1.82) is 0 Å². The van der Waals surface area contributed by atoms with Crippen LogP contribution in [-0.2, 0) is 11.2 Å². The SMILES string of the molecule is COc1ccc(-c2cn(-c3ccccc3)c(CC(=O)N3CCN(c4ncncn4)CC3)n2)cc1. The predicted octanol–water partition coefficient (Wildman–Crippen LogP) is 2.62. The van der Waals surface area contributed by atoms with Crippen LogP contribution < -0.4 is 9.64 Å². The van der Waals surface area contributed by atoms with Crippen LogP contribution >= 0.6 is 0 Å². The Balaban J connectivity index is 1.35. The summed E-state index contributed by atoms with van der Waals surface area (Å²) in [7, 11) is 1.65. The molecule has 0 N–H and O–H groups in total. The molecule has 1 aliphatic heterocycles. The van der Waals surface area contributed by atoms with Crippen LogP contribution in [0.15, 0.2) is 73.4 Å². The molecule has 4 aromatic rings. The highest BCUT2D eigenvalue weighted by Gasteiger charge is 2.24. The minimum atomic E-state index is 0.0550. The highest BCUT2D eigenvalue weighted by Crippen LogP contribution is 2.24. The fourth-order valence-electron chi connectivity index (χ4n) is 4.06. The smallest absolute Gasteiger partial charge is 0.230 e. The van der Waals surface area contributed by atoms with Gasteiger partial charge in [0.05, 0.1) is 19.2 Å². The lowest BCUT2D eigenvalue weighted by Crippen LogP contribution is -2.49. The third-order valence-corrected chi connectivity index (χ3v) is 5.90. The van der Waals surface area contributed by atoms with E-state index in [1.54, 1.807) is 7.11 Å². The van der Waals surface area contributed by atoms with Gasteiger partial charge in [-0.2, -0.15) is 0 Å². The zero-order valence-electron chi connectivity index (χ0n) is 18.9. The van der Waals surface area contributed by atoms with Crippen LogP contribution in [0, 0.1) is 0 Å². The third-order valence-electron chi connectivity index (χ3n) is 5.90. The molecule has 1 fully saturated rings. The molecule has 1 aliphatic rings. The number of amides is 1. The molecule has 5 rings (SSSR count). The van der Waals surface area contributed by atoms with E-state index in [-0.39, 0.29) is 12.3 Å². The van der Waals surface area contributed by atoms with Crippen molar-refractivity contribution < 1.29 is 9.53 Å². The van der Waals surface area contributed by atoms with Gasteiger partial charge in [0.1, 0.15) is 24.2 Å². The van der Waals surface area contributed by atoms with E-state index in [1.807, 2.05) is 70.3 Å². The van der Waals surface area contributed by atoms with E-state index in [0.29, 0.717) is 38.0 Å². The summed E-state index contributed by atoms with van der Waals surface area (Å²) in [5, 5.41) is 0. The van der Waals surface area contributed by atoms with Crippen LogP contribution in [0.1, 0.15) is 5.82 Å². The number of hydrogen-bond acceptors (Lipinski definition) is 7.